The number of pyridine rings is 1. The Labute approximate surface area is 147 Å². The Morgan fingerprint density at radius 1 is 1.24 bits per heavy atom. The van der Waals surface area contributed by atoms with Crippen molar-refractivity contribution < 1.29 is 18.0 Å². The zero-order valence-corrected chi connectivity index (χ0v) is 14.7. The van der Waals surface area contributed by atoms with Crippen LogP contribution in [-0.4, -0.2) is 79.2 Å². The minimum Gasteiger partial charge on any atom is -0.340 e. The quantitative estimate of drug-likeness (QED) is 0.778. The number of sulfone groups is 1. The molecule has 0 radical (unpaired) electrons. The number of hydrogen-bond donors (Lipinski definition) is 1. The summed E-state index contributed by atoms with van der Waals surface area (Å²) in [5, 5.41) is 2.79. The van der Waals surface area contributed by atoms with Crippen LogP contribution in [0, 0.1) is 5.92 Å². The van der Waals surface area contributed by atoms with E-state index in [1.165, 1.54) is 0 Å². The van der Waals surface area contributed by atoms with Crippen LogP contribution >= 0.6 is 0 Å². The molecule has 1 aromatic rings. The topological polar surface area (TPSA) is 99.7 Å². The summed E-state index contributed by atoms with van der Waals surface area (Å²) in [5.41, 5.74) is 0.656. The van der Waals surface area contributed by atoms with Crippen molar-refractivity contribution in [3.8, 4) is 0 Å². The van der Waals surface area contributed by atoms with E-state index >= 15 is 0 Å². The Bertz CT molecular complexity index is 730. The van der Waals surface area contributed by atoms with E-state index in [1.807, 2.05) is 4.90 Å². The van der Waals surface area contributed by atoms with Gasteiger partial charge in [-0.25, -0.2) is 8.42 Å². The van der Waals surface area contributed by atoms with Crippen LogP contribution in [0.15, 0.2) is 24.5 Å². The van der Waals surface area contributed by atoms with Gasteiger partial charge in [0.25, 0.3) is 0 Å². The smallest absolute Gasteiger partial charge is 0.238 e. The third kappa shape index (κ3) is 4.76. The molecule has 2 saturated heterocycles. The monoisotopic (exact) mass is 366 g/mol. The Balaban J connectivity index is 1.44. The fourth-order valence-corrected chi connectivity index (χ4v) is 4.95. The zero-order chi connectivity index (χ0) is 17.9. The van der Waals surface area contributed by atoms with Gasteiger partial charge in [-0.15, -0.1) is 0 Å². The molecule has 3 heterocycles. The largest absolute Gasteiger partial charge is 0.340 e. The molecule has 9 heteroatoms. The van der Waals surface area contributed by atoms with Gasteiger partial charge in [-0.3, -0.25) is 19.5 Å². The third-order valence-corrected chi connectivity index (χ3v) is 6.35. The molecular weight excluding hydrogens is 344 g/mol. The fraction of sp³-hybridized carbons (Fsp3) is 0.562. The number of nitrogens with zero attached hydrogens (tertiary/aromatic N) is 3. The van der Waals surface area contributed by atoms with Gasteiger partial charge in [-0.1, -0.05) is 0 Å². The lowest BCUT2D eigenvalue weighted by atomic mass is 10.1. The second-order valence-corrected chi connectivity index (χ2v) is 8.72. The summed E-state index contributed by atoms with van der Waals surface area (Å²) < 4.78 is 23.0. The van der Waals surface area contributed by atoms with E-state index in [0.29, 0.717) is 38.3 Å². The molecule has 2 fully saturated rings. The number of piperazine rings is 1. The second kappa shape index (κ2) is 7.49. The maximum atomic E-state index is 12.4. The summed E-state index contributed by atoms with van der Waals surface area (Å²) in [6.07, 6.45) is 3.65. The minimum atomic E-state index is -3.05. The molecule has 8 nitrogen and oxygen atoms in total. The van der Waals surface area contributed by atoms with E-state index in [9.17, 15) is 18.0 Å². The zero-order valence-electron chi connectivity index (χ0n) is 13.9. The molecule has 25 heavy (non-hydrogen) atoms. The van der Waals surface area contributed by atoms with Crippen molar-refractivity contribution >= 4 is 27.3 Å². The van der Waals surface area contributed by atoms with Gasteiger partial charge in [0.15, 0.2) is 9.84 Å². The van der Waals surface area contributed by atoms with Crippen LogP contribution in [0.1, 0.15) is 6.42 Å². The Morgan fingerprint density at radius 3 is 2.60 bits per heavy atom. The normalized spacial score (nSPS) is 23.4. The van der Waals surface area contributed by atoms with Gasteiger partial charge >= 0.3 is 0 Å². The van der Waals surface area contributed by atoms with Gasteiger partial charge in [-0.2, -0.15) is 0 Å². The van der Waals surface area contributed by atoms with E-state index in [4.69, 9.17) is 0 Å². The molecule has 1 atom stereocenters. The Hall–Kier alpha value is -2.00. The van der Waals surface area contributed by atoms with Crippen LogP contribution in [-0.2, 0) is 19.4 Å². The molecule has 2 aliphatic rings. The van der Waals surface area contributed by atoms with Crippen LogP contribution in [0.3, 0.4) is 0 Å². The summed E-state index contributed by atoms with van der Waals surface area (Å²) in [7, 11) is -3.05. The lowest BCUT2D eigenvalue weighted by molar-refractivity contribution is -0.136. The summed E-state index contributed by atoms with van der Waals surface area (Å²) in [5.74, 6) is -0.502. The number of hydrogen-bond acceptors (Lipinski definition) is 6. The highest BCUT2D eigenvalue weighted by Crippen LogP contribution is 2.21. The molecule has 2 amide bonds. The number of anilines is 1. The van der Waals surface area contributed by atoms with Gasteiger partial charge in [0, 0.05) is 32.4 Å². The van der Waals surface area contributed by atoms with Gasteiger partial charge in [0.05, 0.1) is 35.9 Å². The highest BCUT2D eigenvalue weighted by molar-refractivity contribution is 7.91. The summed E-state index contributed by atoms with van der Waals surface area (Å²) in [6, 6.07) is 3.53. The van der Waals surface area contributed by atoms with Crippen molar-refractivity contribution in [3.05, 3.63) is 24.5 Å². The first-order chi connectivity index (χ1) is 11.9. The number of amides is 2. The number of rotatable bonds is 4. The van der Waals surface area contributed by atoms with Crippen molar-refractivity contribution in [2.75, 3.05) is 49.5 Å². The number of aromatic nitrogens is 1. The van der Waals surface area contributed by atoms with E-state index < -0.39 is 15.8 Å². The predicted octanol–water partition coefficient (Wildman–Crippen LogP) is -0.401. The maximum Gasteiger partial charge on any atom is 0.238 e. The van der Waals surface area contributed by atoms with Gasteiger partial charge < -0.3 is 10.2 Å². The highest BCUT2D eigenvalue weighted by Gasteiger charge is 2.36. The number of carbonyl (C=O) groups excluding carboxylic acids is 2. The van der Waals surface area contributed by atoms with Crippen molar-refractivity contribution in [2.24, 2.45) is 5.92 Å². The van der Waals surface area contributed by atoms with Crippen LogP contribution in [0.5, 0.6) is 0 Å². The molecule has 0 aromatic carbocycles. The maximum absolute atomic E-state index is 12.4. The first-order valence-electron chi connectivity index (χ1n) is 8.34. The lowest BCUT2D eigenvalue weighted by Crippen LogP contribution is -2.51. The second-order valence-electron chi connectivity index (χ2n) is 6.49. The average molecular weight is 366 g/mol. The number of nitrogens with one attached hydrogen (secondary N) is 1. The van der Waals surface area contributed by atoms with E-state index in [-0.39, 0.29) is 29.9 Å². The van der Waals surface area contributed by atoms with Crippen molar-refractivity contribution in [1.29, 1.82) is 0 Å². The minimum absolute atomic E-state index is 0.0282. The van der Waals surface area contributed by atoms with Crippen LogP contribution in [0.4, 0.5) is 5.69 Å². The Morgan fingerprint density at radius 2 is 2.00 bits per heavy atom. The molecule has 0 spiro atoms. The van der Waals surface area contributed by atoms with Crippen LogP contribution in [0.25, 0.3) is 0 Å². The van der Waals surface area contributed by atoms with Crippen LogP contribution < -0.4 is 5.32 Å². The molecule has 1 unspecified atom stereocenters. The molecule has 2 aliphatic heterocycles. The van der Waals surface area contributed by atoms with Crippen molar-refractivity contribution in [3.63, 3.8) is 0 Å². The molecular formula is C16H22N4O4S. The van der Waals surface area contributed by atoms with E-state index in [2.05, 4.69) is 10.3 Å². The average Bonchev–Trinajstić information content (AvgIpc) is 2.96. The first kappa shape index (κ1) is 17.8. The van der Waals surface area contributed by atoms with Crippen molar-refractivity contribution in [1.82, 2.24) is 14.8 Å². The summed E-state index contributed by atoms with van der Waals surface area (Å²) >= 11 is 0. The van der Waals surface area contributed by atoms with Gasteiger partial charge in [0.2, 0.25) is 11.8 Å². The highest BCUT2D eigenvalue weighted by atomic mass is 32.2. The molecule has 0 saturated carbocycles. The van der Waals surface area contributed by atoms with Gasteiger partial charge in [0.1, 0.15) is 0 Å². The standard InChI is InChI=1S/C16H22N4O4S/c21-15(18-14-2-1-4-17-10-14)11-19-5-7-20(8-6-19)16(22)13-3-9-25(23,24)12-13/h1-2,4,10,13H,3,5-9,11-12H2,(H,18,21). The van der Waals surface area contributed by atoms with Gasteiger partial charge in [-0.05, 0) is 18.6 Å². The van der Waals surface area contributed by atoms with Crippen LogP contribution in [0.2, 0.25) is 0 Å². The third-order valence-electron chi connectivity index (χ3n) is 4.58. The number of carbonyl (C=O) groups is 2. The van der Waals surface area contributed by atoms with E-state index in [1.54, 1.807) is 29.4 Å². The summed E-state index contributed by atoms with van der Waals surface area (Å²) in [6.45, 7) is 2.51. The molecule has 0 aliphatic carbocycles. The molecule has 136 valence electrons. The fourth-order valence-electron chi connectivity index (χ4n) is 3.21. The lowest BCUT2D eigenvalue weighted by Gasteiger charge is -2.35. The molecule has 3 rings (SSSR count). The Kier molecular flexibility index (Phi) is 5.33. The predicted molar refractivity (Wildman–Crippen MR) is 92.6 cm³/mol. The summed E-state index contributed by atoms with van der Waals surface area (Å²) in [4.78, 5) is 32.1. The SMILES string of the molecule is O=C(CN1CCN(C(=O)C2CCS(=O)(=O)C2)CC1)Nc1cccnc1. The molecule has 1 aromatic heterocycles. The van der Waals surface area contributed by atoms with Crippen molar-refractivity contribution in [2.45, 2.75) is 6.42 Å². The molecule has 1 N–H and O–H groups in total. The molecule has 0 bridgehead atoms. The first-order valence-corrected chi connectivity index (χ1v) is 10.2. The van der Waals surface area contributed by atoms with E-state index in [0.717, 1.165) is 0 Å².